The molecule has 0 saturated carbocycles. The molecule has 1 aliphatic rings. The van der Waals surface area contributed by atoms with Crippen LogP contribution in [0.4, 0.5) is 0 Å². The number of amides is 2. The van der Waals surface area contributed by atoms with Gasteiger partial charge in [-0.2, -0.15) is 0 Å². The average molecular weight is 373 g/mol. The molecule has 6 heteroatoms. The summed E-state index contributed by atoms with van der Waals surface area (Å²) in [5, 5.41) is 2.86. The summed E-state index contributed by atoms with van der Waals surface area (Å²) in [6.45, 7) is 8.07. The minimum absolute atomic E-state index is 0.0167. The second-order valence-electron chi connectivity index (χ2n) is 6.08. The molecule has 2 rings (SSSR count). The number of nitrogens with zero attached hydrogens (tertiary/aromatic N) is 1. The number of carbonyl (C=O) groups is 2. The van der Waals surface area contributed by atoms with E-state index in [-0.39, 0.29) is 17.7 Å². The maximum Gasteiger partial charge on any atom is 0.248 e. The minimum atomic E-state index is -0.838. The van der Waals surface area contributed by atoms with E-state index in [0.29, 0.717) is 6.54 Å². The first-order valence-corrected chi connectivity index (χ1v) is 8.74. The van der Waals surface area contributed by atoms with Crippen molar-refractivity contribution in [2.45, 2.75) is 52.2 Å². The lowest BCUT2D eigenvalue weighted by molar-refractivity contribution is -0.156. The van der Waals surface area contributed by atoms with Gasteiger partial charge in [0.05, 0.1) is 10.3 Å². The summed E-state index contributed by atoms with van der Waals surface area (Å²) in [7, 11) is 0. The highest BCUT2D eigenvalue weighted by Crippen LogP contribution is 2.29. The van der Waals surface area contributed by atoms with Crippen molar-refractivity contribution in [2.24, 2.45) is 5.92 Å². The molecule has 1 aliphatic heterocycles. The summed E-state index contributed by atoms with van der Waals surface area (Å²) in [6.07, 6.45) is 0.858. The summed E-state index contributed by atoms with van der Waals surface area (Å²) in [4.78, 5) is 28.0. The number of halogens is 1. The Morgan fingerprint density at radius 3 is 2.62 bits per heavy atom. The van der Waals surface area contributed by atoms with Gasteiger partial charge < -0.3 is 10.2 Å². The molecule has 0 aromatic carbocycles. The summed E-state index contributed by atoms with van der Waals surface area (Å²) < 4.78 is 1.03. The van der Waals surface area contributed by atoms with Gasteiger partial charge >= 0.3 is 0 Å². The fraction of sp³-hybridized carbons (Fsp3) is 0.600. The van der Waals surface area contributed by atoms with E-state index in [0.717, 1.165) is 15.1 Å². The molecule has 1 saturated heterocycles. The van der Waals surface area contributed by atoms with Crippen LogP contribution in [0, 0.1) is 5.92 Å². The van der Waals surface area contributed by atoms with E-state index in [9.17, 15) is 9.59 Å². The predicted molar refractivity (Wildman–Crippen MR) is 88.0 cm³/mol. The van der Waals surface area contributed by atoms with Crippen LogP contribution in [-0.2, 0) is 16.1 Å². The van der Waals surface area contributed by atoms with Crippen molar-refractivity contribution in [3.8, 4) is 0 Å². The third kappa shape index (κ3) is 3.31. The molecule has 2 unspecified atom stereocenters. The molecule has 1 aromatic rings. The van der Waals surface area contributed by atoms with Crippen molar-refractivity contribution in [3.63, 3.8) is 0 Å². The molecule has 2 atom stereocenters. The van der Waals surface area contributed by atoms with Crippen molar-refractivity contribution in [1.82, 2.24) is 10.2 Å². The molecular weight excluding hydrogens is 352 g/mol. The van der Waals surface area contributed by atoms with Crippen LogP contribution in [0.3, 0.4) is 0 Å². The van der Waals surface area contributed by atoms with Gasteiger partial charge in [-0.25, -0.2) is 0 Å². The first kappa shape index (κ1) is 16.5. The van der Waals surface area contributed by atoms with Gasteiger partial charge in [-0.15, -0.1) is 11.3 Å². The number of rotatable bonds is 4. The number of nitrogens with one attached hydrogen (secondary N) is 1. The fourth-order valence-electron chi connectivity index (χ4n) is 2.63. The summed E-state index contributed by atoms with van der Waals surface area (Å²) in [5.74, 6) is 0.0648. The average Bonchev–Trinajstić information content (AvgIpc) is 2.80. The van der Waals surface area contributed by atoms with Crippen LogP contribution >= 0.6 is 27.3 Å². The molecule has 1 N–H and O–H groups in total. The van der Waals surface area contributed by atoms with Gasteiger partial charge in [0.15, 0.2) is 0 Å². The fourth-order valence-corrected chi connectivity index (χ4v) is 4.11. The molecule has 2 heterocycles. The molecule has 4 nitrogen and oxygen atoms in total. The van der Waals surface area contributed by atoms with Crippen LogP contribution in [0.2, 0.25) is 0 Å². The maximum absolute atomic E-state index is 12.7. The Morgan fingerprint density at radius 1 is 1.43 bits per heavy atom. The molecule has 0 radical (unpaired) electrons. The van der Waals surface area contributed by atoms with Crippen LogP contribution in [-0.4, -0.2) is 28.3 Å². The van der Waals surface area contributed by atoms with Crippen molar-refractivity contribution in [2.75, 3.05) is 0 Å². The quantitative estimate of drug-likeness (QED) is 0.882. The van der Waals surface area contributed by atoms with Gasteiger partial charge in [0, 0.05) is 4.88 Å². The second kappa shape index (κ2) is 6.08. The summed E-state index contributed by atoms with van der Waals surface area (Å²) in [5.41, 5.74) is -0.838. The first-order chi connectivity index (χ1) is 9.76. The zero-order valence-corrected chi connectivity index (χ0v) is 15.2. The monoisotopic (exact) mass is 372 g/mol. The Bertz CT molecular complexity index is 556. The van der Waals surface area contributed by atoms with Gasteiger partial charge in [-0.05, 0) is 47.8 Å². The van der Waals surface area contributed by atoms with E-state index in [1.54, 1.807) is 30.1 Å². The van der Waals surface area contributed by atoms with Crippen molar-refractivity contribution < 1.29 is 9.59 Å². The van der Waals surface area contributed by atoms with E-state index in [1.807, 2.05) is 26.0 Å². The van der Waals surface area contributed by atoms with Crippen LogP contribution in [0.25, 0.3) is 0 Å². The van der Waals surface area contributed by atoms with Gasteiger partial charge in [-0.1, -0.05) is 20.3 Å². The lowest BCUT2D eigenvalue weighted by Crippen LogP contribution is -2.69. The number of hydrogen-bond acceptors (Lipinski definition) is 3. The smallest absolute Gasteiger partial charge is 0.248 e. The van der Waals surface area contributed by atoms with Crippen LogP contribution in [0.5, 0.6) is 0 Å². The molecule has 116 valence electrons. The minimum Gasteiger partial charge on any atom is -0.340 e. The van der Waals surface area contributed by atoms with Gasteiger partial charge in [0.25, 0.3) is 0 Å². The third-order valence-corrected chi connectivity index (χ3v) is 5.58. The molecule has 0 spiro atoms. The molecular formula is C15H21BrN2O2S. The van der Waals surface area contributed by atoms with E-state index in [1.165, 1.54) is 0 Å². The standard InChI is InChI=1S/C15H21BrN2O2S/c1-5-9(2)12-13(19)17-15(3,4)14(20)18(12)8-10-6-7-11(16)21-10/h6-7,9,12H,5,8H2,1-4H3,(H,17,19). The normalized spacial score (nSPS) is 23.1. The maximum atomic E-state index is 12.7. The molecule has 2 amide bonds. The highest BCUT2D eigenvalue weighted by Gasteiger charge is 2.46. The number of carbonyl (C=O) groups excluding carboxylic acids is 2. The number of piperazine rings is 1. The SMILES string of the molecule is CCC(C)C1C(=O)NC(C)(C)C(=O)N1Cc1ccc(Br)s1. The Hall–Kier alpha value is -0.880. The van der Waals surface area contributed by atoms with Crippen LogP contribution in [0.15, 0.2) is 15.9 Å². The van der Waals surface area contributed by atoms with Crippen molar-refractivity contribution in [3.05, 3.63) is 20.8 Å². The molecule has 1 fully saturated rings. The van der Waals surface area contributed by atoms with Crippen molar-refractivity contribution >= 4 is 39.1 Å². The number of thiophene rings is 1. The molecule has 0 bridgehead atoms. The third-order valence-electron chi connectivity index (χ3n) is 3.97. The Morgan fingerprint density at radius 2 is 2.10 bits per heavy atom. The lowest BCUT2D eigenvalue weighted by atomic mass is 9.89. The zero-order chi connectivity index (χ0) is 15.8. The lowest BCUT2D eigenvalue weighted by Gasteiger charge is -2.44. The summed E-state index contributed by atoms with van der Waals surface area (Å²) >= 11 is 5.04. The predicted octanol–water partition coefficient (Wildman–Crippen LogP) is 3.16. The van der Waals surface area contributed by atoms with E-state index in [4.69, 9.17) is 0 Å². The molecule has 1 aromatic heterocycles. The van der Waals surface area contributed by atoms with Gasteiger partial charge in [0.2, 0.25) is 11.8 Å². The first-order valence-electron chi connectivity index (χ1n) is 7.13. The Balaban J connectivity index is 2.33. The highest BCUT2D eigenvalue weighted by atomic mass is 79.9. The van der Waals surface area contributed by atoms with Gasteiger partial charge in [-0.3, -0.25) is 9.59 Å². The molecule has 0 aliphatic carbocycles. The van der Waals surface area contributed by atoms with Crippen LogP contribution in [0.1, 0.15) is 39.0 Å². The largest absolute Gasteiger partial charge is 0.340 e. The Labute approximate surface area is 138 Å². The van der Waals surface area contributed by atoms with E-state index >= 15 is 0 Å². The molecule has 21 heavy (non-hydrogen) atoms. The second-order valence-corrected chi connectivity index (χ2v) is 8.63. The highest BCUT2D eigenvalue weighted by molar-refractivity contribution is 9.11. The zero-order valence-electron chi connectivity index (χ0n) is 12.8. The van der Waals surface area contributed by atoms with Gasteiger partial charge in [0.1, 0.15) is 11.6 Å². The van der Waals surface area contributed by atoms with E-state index in [2.05, 4.69) is 21.2 Å². The number of hydrogen-bond donors (Lipinski definition) is 1. The Kier molecular flexibility index (Phi) is 4.78. The topological polar surface area (TPSA) is 49.4 Å². The van der Waals surface area contributed by atoms with Crippen LogP contribution < -0.4 is 5.32 Å². The van der Waals surface area contributed by atoms with Crippen molar-refractivity contribution in [1.29, 1.82) is 0 Å². The van der Waals surface area contributed by atoms with E-state index < -0.39 is 11.6 Å². The summed E-state index contributed by atoms with van der Waals surface area (Å²) in [6, 6.07) is 3.57.